The van der Waals surface area contributed by atoms with Crippen molar-refractivity contribution < 1.29 is 4.79 Å². The number of carbonyl (C=O) groups excluding carboxylic acids is 1. The van der Waals surface area contributed by atoms with Crippen LogP contribution in [-0.2, 0) is 10.5 Å². The van der Waals surface area contributed by atoms with Crippen molar-refractivity contribution in [3.8, 4) is 0 Å². The molecule has 98 valence electrons. The van der Waals surface area contributed by atoms with Gasteiger partial charge in [0.1, 0.15) is 0 Å². The highest BCUT2D eigenvalue weighted by molar-refractivity contribution is 7.99. The molecule has 4 heteroatoms. The quantitative estimate of drug-likeness (QED) is 0.611. The molecule has 1 amide bonds. The fraction of sp³-hybridized carbons (Fsp3) is 0.357. The van der Waals surface area contributed by atoms with Crippen LogP contribution in [-0.4, -0.2) is 18.2 Å². The van der Waals surface area contributed by atoms with Crippen LogP contribution < -0.4 is 5.32 Å². The highest BCUT2D eigenvalue weighted by atomic mass is 35.5. The third kappa shape index (κ3) is 6.72. The zero-order chi connectivity index (χ0) is 13.2. The summed E-state index contributed by atoms with van der Waals surface area (Å²) >= 11 is 7.49. The van der Waals surface area contributed by atoms with Crippen LogP contribution in [0.4, 0.5) is 0 Å². The minimum absolute atomic E-state index is 0.0894. The highest BCUT2D eigenvalue weighted by Gasteiger charge is 2.01. The van der Waals surface area contributed by atoms with Crippen molar-refractivity contribution in [2.75, 3.05) is 12.3 Å². The van der Waals surface area contributed by atoms with E-state index in [1.807, 2.05) is 43.3 Å². The lowest BCUT2D eigenvalue weighted by Gasteiger charge is -2.04. The van der Waals surface area contributed by atoms with E-state index >= 15 is 0 Å². The van der Waals surface area contributed by atoms with Crippen LogP contribution >= 0.6 is 23.4 Å². The predicted molar refractivity (Wildman–Crippen MR) is 80.1 cm³/mol. The van der Waals surface area contributed by atoms with Gasteiger partial charge in [-0.1, -0.05) is 35.9 Å². The molecule has 0 spiro atoms. The smallest absolute Gasteiger partial charge is 0.230 e. The summed E-state index contributed by atoms with van der Waals surface area (Å²) in [5.41, 5.74) is 1.15. The molecule has 0 aromatic heterocycles. The summed E-state index contributed by atoms with van der Waals surface area (Å²) in [6, 6.07) is 7.72. The maximum Gasteiger partial charge on any atom is 0.230 e. The van der Waals surface area contributed by atoms with E-state index < -0.39 is 0 Å². The molecule has 1 aromatic rings. The standard InChI is InChI=1S/C14H18ClNOS/c1-2-3-4-8-16-14(17)11-18-10-12-6-5-7-13(15)9-12/h2-3,5-7,9H,4,8,10-11H2,1H3,(H,16,17)/b3-2+. The van der Waals surface area contributed by atoms with E-state index in [1.54, 1.807) is 11.8 Å². The summed E-state index contributed by atoms with van der Waals surface area (Å²) < 4.78 is 0. The second-order valence-corrected chi connectivity index (χ2v) is 5.25. The molecule has 0 saturated carbocycles. The number of benzene rings is 1. The van der Waals surface area contributed by atoms with E-state index in [9.17, 15) is 4.79 Å². The van der Waals surface area contributed by atoms with E-state index in [0.29, 0.717) is 12.3 Å². The van der Waals surface area contributed by atoms with Crippen LogP contribution in [0.1, 0.15) is 18.9 Å². The van der Waals surface area contributed by atoms with Crippen molar-refractivity contribution in [2.45, 2.75) is 19.1 Å². The zero-order valence-electron chi connectivity index (χ0n) is 10.5. The molecule has 0 saturated heterocycles. The maximum absolute atomic E-state index is 11.5. The molecule has 0 aliphatic rings. The normalized spacial score (nSPS) is 10.8. The Morgan fingerprint density at radius 1 is 1.50 bits per heavy atom. The first-order valence-electron chi connectivity index (χ1n) is 5.92. The third-order valence-corrected chi connectivity index (χ3v) is 3.50. The van der Waals surface area contributed by atoms with Crippen LogP contribution in [0.25, 0.3) is 0 Å². The van der Waals surface area contributed by atoms with Crippen LogP contribution in [0, 0.1) is 0 Å². The van der Waals surface area contributed by atoms with Gasteiger partial charge in [-0.3, -0.25) is 4.79 Å². The number of thioether (sulfide) groups is 1. The van der Waals surface area contributed by atoms with Crippen molar-refractivity contribution in [1.82, 2.24) is 5.32 Å². The van der Waals surface area contributed by atoms with Gasteiger partial charge in [-0.15, -0.1) is 11.8 Å². The monoisotopic (exact) mass is 283 g/mol. The first-order chi connectivity index (χ1) is 8.72. The summed E-state index contributed by atoms with van der Waals surface area (Å²) in [5.74, 6) is 1.39. The number of hydrogen-bond donors (Lipinski definition) is 1. The number of halogens is 1. The van der Waals surface area contributed by atoms with Gasteiger partial charge < -0.3 is 5.32 Å². The third-order valence-electron chi connectivity index (χ3n) is 2.26. The second kappa shape index (κ2) is 9.06. The van der Waals surface area contributed by atoms with Crippen LogP contribution in [0.15, 0.2) is 36.4 Å². The van der Waals surface area contributed by atoms with Gasteiger partial charge in [-0.2, -0.15) is 0 Å². The number of allylic oxidation sites excluding steroid dienone is 1. The topological polar surface area (TPSA) is 29.1 Å². The molecular formula is C14H18ClNOS. The van der Waals surface area contributed by atoms with Gasteiger partial charge in [0.2, 0.25) is 5.91 Å². The van der Waals surface area contributed by atoms with Gasteiger partial charge >= 0.3 is 0 Å². The summed E-state index contributed by atoms with van der Waals surface area (Å²) in [6.45, 7) is 2.68. The molecule has 0 radical (unpaired) electrons. The molecule has 1 N–H and O–H groups in total. The predicted octanol–water partition coefficient (Wildman–Crippen LogP) is 3.66. The molecule has 0 unspecified atom stereocenters. The minimum atomic E-state index is 0.0894. The molecule has 18 heavy (non-hydrogen) atoms. The Morgan fingerprint density at radius 2 is 2.33 bits per heavy atom. The Labute approximate surface area is 118 Å². The first kappa shape index (κ1) is 15.1. The summed E-state index contributed by atoms with van der Waals surface area (Å²) in [7, 11) is 0. The maximum atomic E-state index is 11.5. The van der Waals surface area contributed by atoms with Gasteiger partial charge in [0.25, 0.3) is 0 Å². The van der Waals surface area contributed by atoms with Gasteiger partial charge in [0.05, 0.1) is 5.75 Å². The fourth-order valence-corrected chi connectivity index (χ4v) is 2.42. The number of nitrogens with one attached hydrogen (secondary N) is 1. The number of rotatable bonds is 7. The van der Waals surface area contributed by atoms with Crippen molar-refractivity contribution >= 4 is 29.3 Å². The molecule has 1 rings (SSSR count). The van der Waals surface area contributed by atoms with E-state index in [2.05, 4.69) is 5.32 Å². The van der Waals surface area contributed by atoms with E-state index in [1.165, 1.54) is 0 Å². The number of carbonyl (C=O) groups is 1. The molecule has 0 atom stereocenters. The van der Waals surface area contributed by atoms with Gasteiger partial charge in [0.15, 0.2) is 0 Å². The molecule has 0 fully saturated rings. The molecule has 0 bridgehead atoms. The van der Waals surface area contributed by atoms with Crippen molar-refractivity contribution in [3.05, 3.63) is 47.0 Å². The van der Waals surface area contributed by atoms with Crippen molar-refractivity contribution in [2.24, 2.45) is 0 Å². The molecule has 0 heterocycles. The number of hydrogen-bond acceptors (Lipinski definition) is 2. The lowest BCUT2D eigenvalue weighted by molar-refractivity contribution is -0.118. The van der Waals surface area contributed by atoms with Crippen LogP contribution in [0.5, 0.6) is 0 Å². The Bertz CT molecular complexity index is 407. The lowest BCUT2D eigenvalue weighted by Crippen LogP contribution is -2.25. The molecule has 0 aliphatic heterocycles. The number of amides is 1. The summed E-state index contributed by atoms with van der Waals surface area (Å²) in [4.78, 5) is 11.5. The van der Waals surface area contributed by atoms with Crippen LogP contribution in [0.2, 0.25) is 5.02 Å². The largest absolute Gasteiger partial charge is 0.355 e. The average molecular weight is 284 g/mol. The van der Waals surface area contributed by atoms with Crippen molar-refractivity contribution in [3.63, 3.8) is 0 Å². The fourth-order valence-electron chi connectivity index (χ4n) is 1.40. The Balaban J connectivity index is 2.15. The summed E-state index contributed by atoms with van der Waals surface area (Å²) in [6.07, 6.45) is 4.92. The molecule has 2 nitrogen and oxygen atoms in total. The van der Waals surface area contributed by atoms with Crippen molar-refractivity contribution in [1.29, 1.82) is 0 Å². The SMILES string of the molecule is C/C=C/CCNC(=O)CSCc1cccc(Cl)c1. The Hall–Kier alpha value is -0.930. The lowest BCUT2D eigenvalue weighted by atomic mass is 10.2. The van der Waals surface area contributed by atoms with Gasteiger partial charge in [-0.25, -0.2) is 0 Å². The summed E-state index contributed by atoms with van der Waals surface area (Å²) in [5, 5.41) is 3.62. The van der Waals surface area contributed by atoms with Crippen LogP contribution in [0.3, 0.4) is 0 Å². The van der Waals surface area contributed by atoms with E-state index in [4.69, 9.17) is 11.6 Å². The minimum Gasteiger partial charge on any atom is -0.355 e. The van der Waals surface area contributed by atoms with Gasteiger partial charge in [-0.05, 0) is 31.0 Å². The first-order valence-corrected chi connectivity index (χ1v) is 7.45. The Morgan fingerprint density at radius 3 is 3.06 bits per heavy atom. The van der Waals surface area contributed by atoms with E-state index in [-0.39, 0.29) is 5.91 Å². The molecule has 1 aromatic carbocycles. The van der Waals surface area contributed by atoms with E-state index in [0.717, 1.165) is 22.8 Å². The highest BCUT2D eigenvalue weighted by Crippen LogP contribution is 2.16. The average Bonchev–Trinajstić information content (AvgIpc) is 2.35. The second-order valence-electron chi connectivity index (χ2n) is 3.83. The molecular weight excluding hydrogens is 266 g/mol. The Kier molecular flexibility index (Phi) is 7.62. The molecule has 0 aliphatic carbocycles. The zero-order valence-corrected chi connectivity index (χ0v) is 12.1. The van der Waals surface area contributed by atoms with Gasteiger partial charge in [0, 0.05) is 17.3 Å².